The lowest BCUT2D eigenvalue weighted by atomic mass is 10.2. The first-order valence-electron chi connectivity index (χ1n) is 6.57. The van der Waals surface area contributed by atoms with E-state index in [1.165, 1.54) is 0 Å². The van der Waals surface area contributed by atoms with Gasteiger partial charge in [-0.1, -0.05) is 5.21 Å². The van der Waals surface area contributed by atoms with Gasteiger partial charge < -0.3 is 10.5 Å². The van der Waals surface area contributed by atoms with E-state index >= 15 is 0 Å². The molecule has 1 aliphatic rings. The Kier molecular flexibility index (Phi) is 4.31. The molecule has 6 heteroatoms. The average Bonchev–Trinajstić information content (AvgIpc) is 2.78. The molecule has 2 rings (SSSR count). The minimum Gasteiger partial charge on any atom is -0.374 e. The number of rotatable bonds is 4. The number of aromatic nitrogens is 3. The van der Waals surface area contributed by atoms with Crippen LogP contribution in [-0.4, -0.2) is 51.7 Å². The standard InChI is InChI=1S/C12H23N5O/c1-9(2)16-4-5-18-11(6-16)7-17-8-12(10(3)13)14-15-17/h8-11H,4-7,13H2,1-3H3. The topological polar surface area (TPSA) is 69.2 Å². The average molecular weight is 253 g/mol. The molecule has 0 amide bonds. The van der Waals surface area contributed by atoms with E-state index in [4.69, 9.17) is 10.5 Å². The molecule has 0 saturated carbocycles. The summed E-state index contributed by atoms with van der Waals surface area (Å²) in [5.41, 5.74) is 6.59. The molecule has 2 unspecified atom stereocenters. The Balaban J connectivity index is 1.92. The van der Waals surface area contributed by atoms with Crippen molar-refractivity contribution in [3.8, 4) is 0 Å². The van der Waals surface area contributed by atoms with Crippen LogP contribution in [0.1, 0.15) is 32.5 Å². The smallest absolute Gasteiger partial charge is 0.0991 e. The Morgan fingerprint density at radius 2 is 2.28 bits per heavy atom. The number of ether oxygens (including phenoxy) is 1. The molecule has 1 aromatic heterocycles. The summed E-state index contributed by atoms with van der Waals surface area (Å²) in [5, 5.41) is 8.14. The van der Waals surface area contributed by atoms with Gasteiger partial charge in [0.05, 0.1) is 31.1 Å². The van der Waals surface area contributed by atoms with Crippen molar-refractivity contribution in [3.63, 3.8) is 0 Å². The van der Waals surface area contributed by atoms with E-state index in [1.54, 1.807) is 0 Å². The highest BCUT2D eigenvalue weighted by Gasteiger charge is 2.23. The summed E-state index contributed by atoms with van der Waals surface area (Å²) in [6.07, 6.45) is 2.09. The first-order valence-corrected chi connectivity index (χ1v) is 6.57. The van der Waals surface area contributed by atoms with Crippen molar-refractivity contribution in [3.05, 3.63) is 11.9 Å². The number of hydrogen-bond acceptors (Lipinski definition) is 5. The van der Waals surface area contributed by atoms with E-state index in [2.05, 4.69) is 29.1 Å². The van der Waals surface area contributed by atoms with E-state index in [-0.39, 0.29) is 12.1 Å². The first-order chi connectivity index (χ1) is 8.56. The maximum absolute atomic E-state index is 5.77. The largest absolute Gasteiger partial charge is 0.374 e. The van der Waals surface area contributed by atoms with E-state index in [1.807, 2.05) is 17.8 Å². The Morgan fingerprint density at radius 3 is 2.89 bits per heavy atom. The summed E-state index contributed by atoms with van der Waals surface area (Å²) in [7, 11) is 0. The van der Waals surface area contributed by atoms with Gasteiger partial charge in [-0.2, -0.15) is 0 Å². The van der Waals surface area contributed by atoms with Crippen LogP contribution in [0.5, 0.6) is 0 Å². The van der Waals surface area contributed by atoms with Gasteiger partial charge in [0, 0.05) is 25.2 Å². The molecule has 1 fully saturated rings. The Labute approximate surface area is 108 Å². The van der Waals surface area contributed by atoms with Gasteiger partial charge in [-0.3, -0.25) is 4.90 Å². The van der Waals surface area contributed by atoms with Crippen LogP contribution in [0.2, 0.25) is 0 Å². The molecule has 1 aliphatic heterocycles. The van der Waals surface area contributed by atoms with Gasteiger partial charge in [0.15, 0.2) is 0 Å². The lowest BCUT2D eigenvalue weighted by Gasteiger charge is -2.35. The summed E-state index contributed by atoms with van der Waals surface area (Å²) < 4.78 is 7.60. The summed E-state index contributed by atoms with van der Waals surface area (Å²) in [4.78, 5) is 2.43. The number of morpholine rings is 1. The molecule has 1 aromatic rings. The van der Waals surface area contributed by atoms with Crippen LogP contribution in [0.25, 0.3) is 0 Å². The van der Waals surface area contributed by atoms with Crippen molar-refractivity contribution in [1.82, 2.24) is 19.9 Å². The highest BCUT2D eigenvalue weighted by molar-refractivity contribution is 4.97. The molecule has 0 spiro atoms. The van der Waals surface area contributed by atoms with Crippen LogP contribution in [0.15, 0.2) is 6.20 Å². The van der Waals surface area contributed by atoms with Crippen LogP contribution in [0, 0.1) is 0 Å². The number of nitrogens with zero attached hydrogens (tertiary/aromatic N) is 4. The Bertz CT molecular complexity index is 376. The molecule has 1 saturated heterocycles. The second-order valence-electron chi connectivity index (χ2n) is 5.24. The first kappa shape index (κ1) is 13.5. The van der Waals surface area contributed by atoms with Crippen LogP contribution in [0.3, 0.4) is 0 Å². The zero-order valence-electron chi connectivity index (χ0n) is 11.4. The maximum Gasteiger partial charge on any atom is 0.0991 e. The molecule has 0 aromatic carbocycles. The molecule has 2 N–H and O–H groups in total. The monoisotopic (exact) mass is 253 g/mol. The van der Waals surface area contributed by atoms with Gasteiger partial charge in [-0.05, 0) is 20.8 Å². The van der Waals surface area contributed by atoms with Gasteiger partial charge in [-0.25, -0.2) is 4.68 Å². The predicted octanol–water partition coefficient (Wildman–Crippen LogP) is 0.407. The highest BCUT2D eigenvalue weighted by atomic mass is 16.5. The fourth-order valence-corrected chi connectivity index (χ4v) is 2.14. The third-order valence-electron chi connectivity index (χ3n) is 3.31. The summed E-state index contributed by atoms with van der Waals surface area (Å²) in [6.45, 7) is 9.83. The molecule has 18 heavy (non-hydrogen) atoms. The molecule has 2 heterocycles. The van der Waals surface area contributed by atoms with Gasteiger partial charge in [0.25, 0.3) is 0 Å². The van der Waals surface area contributed by atoms with Crippen LogP contribution in [-0.2, 0) is 11.3 Å². The van der Waals surface area contributed by atoms with Crippen LogP contribution >= 0.6 is 0 Å². The summed E-state index contributed by atoms with van der Waals surface area (Å²) in [6, 6.07) is 0.491. The van der Waals surface area contributed by atoms with E-state index < -0.39 is 0 Å². The second kappa shape index (κ2) is 5.77. The molecular weight excluding hydrogens is 230 g/mol. The third-order valence-corrected chi connectivity index (χ3v) is 3.31. The second-order valence-corrected chi connectivity index (χ2v) is 5.24. The molecule has 102 valence electrons. The van der Waals surface area contributed by atoms with Crippen molar-refractivity contribution < 1.29 is 4.74 Å². The zero-order valence-corrected chi connectivity index (χ0v) is 11.4. The number of hydrogen-bond donors (Lipinski definition) is 1. The Hall–Kier alpha value is -0.980. The van der Waals surface area contributed by atoms with Gasteiger partial charge >= 0.3 is 0 Å². The highest BCUT2D eigenvalue weighted by Crippen LogP contribution is 2.11. The lowest BCUT2D eigenvalue weighted by Crippen LogP contribution is -2.47. The van der Waals surface area contributed by atoms with Crippen molar-refractivity contribution >= 4 is 0 Å². The zero-order chi connectivity index (χ0) is 13.1. The molecule has 0 radical (unpaired) electrons. The van der Waals surface area contributed by atoms with Crippen molar-refractivity contribution in [2.45, 2.75) is 45.5 Å². The minimum atomic E-state index is -0.0711. The quantitative estimate of drug-likeness (QED) is 0.841. The number of nitrogens with two attached hydrogens (primary N) is 1. The van der Waals surface area contributed by atoms with Crippen molar-refractivity contribution in [1.29, 1.82) is 0 Å². The van der Waals surface area contributed by atoms with Crippen LogP contribution < -0.4 is 5.73 Å². The molecule has 2 atom stereocenters. The van der Waals surface area contributed by atoms with E-state index in [9.17, 15) is 0 Å². The van der Waals surface area contributed by atoms with E-state index in [0.29, 0.717) is 6.04 Å². The SMILES string of the molecule is CC(N)c1cn(CC2CN(C(C)C)CCO2)nn1. The lowest BCUT2D eigenvalue weighted by molar-refractivity contribution is -0.0471. The van der Waals surface area contributed by atoms with Gasteiger partial charge in [-0.15, -0.1) is 5.10 Å². The minimum absolute atomic E-state index is 0.0711. The van der Waals surface area contributed by atoms with Gasteiger partial charge in [0.1, 0.15) is 0 Å². The molecule has 0 bridgehead atoms. The van der Waals surface area contributed by atoms with Crippen molar-refractivity contribution in [2.24, 2.45) is 5.73 Å². The normalized spacial score (nSPS) is 23.5. The molecular formula is C12H23N5O. The third kappa shape index (κ3) is 3.28. The summed E-state index contributed by atoms with van der Waals surface area (Å²) >= 11 is 0. The predicted molar refractivity (Wildman–Crippen MR) is 69.1 cm³/mol. The molecule has 0 aliphatic carbocycles. The Morgan fingerprint density at radius 1 is 1.50 bits per heavy atom. The fraction of sp³-hybridized carbons (Fsp3) is 0.833. The van der Waals surface area contributed by atoms with Crippen LogP contribution in [0.4, 0.5) is 0 Å². The fourth-order valence-electron chi connectivity index (χ4n) is 2.14. The van der Waals surface area contributed by atoms with E-state index in [0.717, 1.165) is 31.9 Å². The summed E-state index contributed by atoms with van der Waals surface area (Å²) in [5.74, 6) is 0. The van der Waals surface area contributed by atoms with Crippen molar-refractivity contribution in [2.75, 3.05) is 19.7 Å². The molecule has 6 nitrogen and oxygen atoms in total. The maximum atomic E-state index is 5.77. The van der Waals surface area contributed by atoms with Gasteiger partial charge in [0.2, 0.25) is 0 Å².